The summed E-state index contributed by atoms with van der Waals surface area (Å²) in [5.41, 5.74) is 0.234. The predicted molar refractivity (Wildman–Crippen MR) is 142 cm³/mol. The number of carboxylic acids is 1. The molecule has 1 saturated heterocycles. The number of benzene rings is 2. The average Bonchev–Trinajstić information content (AvgIpc) is 3.32. The maximum atomic E-state index is 12.5. The number of carbonyl (C=O) groups is 2. The summed E-state index contributed by atoms with van der Waals surface area (Å²) in [6, 6.07) is 16.8. The lowest BCUT2D eigenvalue weighted by Gasteiger charge is -2.33. The summed E-state index contributed by atoms with van der Waals surface area (Å²) in [6.07, 6.45) is 1.31. The number of hydrogen-bond acceptors (Lipinski definition) is 6. The third-order valence-corrected chi connectivity index (χ3v) is 6.63. The van der Waals surface area contributed by atoms with Crippen LogP contribution in [0.3, 0.4) is 0 Å². The molecule has 3 aromatic rings. The van der Waals surface area contributed by atoms with Gasteiger partial charge in [-0.1, -0.05) is 32.0 Å². The van der Waals surface area contributed by atoms with Crippen LogP contribution in [-0.4, -0.2) is 45.7 Å². The molecule has 0 spiro atoms. The molecule has 1 unspecified atom stereocenters. The largest absolute Gasteiger partial charge is 0.476 e. The van der Waals surface area contributed by atoms with E-state index in [0.717, 1.165) is 29.2 Å². The lowest BCUT2D eigenvalue weighted by atomic mass is 9.99. The van der Waals surface area contributed by atoms with Crippen molar-refractivity contribution in [3.8, 4) is 21.9 Å². The Morgan fingerprint density at radius 2 is 1.67 bits per heavy atom. The number of hydrogen-bond donors (Lipinski definition) is 1. The summed E-state index contributed by atoms with van der Waals surface area (Å²) < 4.78 is 11.4. The molecule has 2 heterocycles. The first-order chi connectivity index (χ1) is 17.2. The molecule has 1 aliphatic heterocycles. The van der Waals surface area contributed by atoms with Crippen molar-refractivity contribution in [2.24, 2.45) is 0 Å². The van der Waals surface area contributed by atoms with Gasteiger partial charge in [0.25, 0.3) is 0 Å². The lowest BCUT2D eigenvalue weighted by molar-refractivity contribution is 0.0197. The van der Waals surface area contributed by atoms with Crippen LogP contribution in [0.1, 0.15) is 68.9 Å². The van der Waals surface area contributed by atoms with Gasteiger partial charge in [0.1, 0.15) is 17.1 Å². The summed E-state index contributed by atoms with van der Waals surface area (Å²) in [5.74, 6) is 0.297. The number of nitrogens with zero attached hydrogens (tertiary/aromatic N) is 2. The van der Waals surface area contributed by atoms with Gasteiger partial charge >= 0.3 is 12.1 Å². The van der Waals surface area contributed by atoms with E-state index in [1.807, 2.05) is 89.2 Å². The van der Waals surface area contributed by atoms with Crippen molar-refractivity contribution in [1.82, 2.24) is 9.88 Å². The summed E-state index contributed by atoms with van der Waals surface area (Å²) in [7, 11) is 0. The number of piperidine rings is 1. The minimum atomic E-state index is -1.07. The first kappa shape index (κ1) is 27.2. The summed E-state index contributed by atoms with van der Waals surface area (Å²) >= 11 is 1.37. The van der Waals surface area contributed by atoms with E-state index in [2.05, 4.69) is 4.98 Å². The van der Waals surface area contributed by atoms with Crippen molar-refractivity contribution in [3.63, 3.8) is 0 Å². The Hall–Kier alpha value is -3.39. The van der Waals surface area contributed by atoms with Crippen molar-refractivity contribution in [2.75, 3.05) is 13.1 Å². The molecule has 1 N–H and O–H groups in total. The summed E-state index contributed by atoms with van der Waals surface area (Å²) in [4.78, 5) is 31.3. The maximum Gasteiger partial charge on any atom is 0.410 e. The Bertz CT molecular complexity index is 1150. The van der Waals surface area contributed by atoms with Crippen LogP contribution in [0.15, 0.2) is 54.6 Å². The number of thiazole rings is 1. The van der Waals surface area contributed by atoms with Crippen molar-refractivity contribution >= 4 is 23.4 Å². The zero-order chi connectivity index (χ0) is 26.3. The van der Waals surface area contributed by atoms with E-state index in [-0.39, 0.29) is 17.7 Å². The standard InChI is InChI=1S/C26H28N2O5S.C2H6/c1-26(2,3)33-25(31)28-15-7-8-18(16-28)23-27-21(24(29)30)22(34-23)17-11-13-20(14-12-17)32-19-9-5-4-6-10-19;1-2/h4-6,9-14,18H,7-8,15-16H2,1-3H3,(H,29,30);1-2H3. The monoisotopic (exact) mass is 510 g/mol. The third kappa shape index (κ3) is 7.07. The fourth-order valence-corrected chi connectivity index (χ4v) is 5.01. The van der Waals surface area contributed by atoms with Gasteiger partial charge in [-0.25, -0.2) is 14.6 Å². The molecule has 7 nitrogen and oxygen atoms in total. The number of rotatable bonds is 5. The predicted octanol–water partition coefficient (Wildman–Crippen LogP) is 7.44. The number of carboxylic acid groups (broad SMARTS) is 1. The summed E-state index contributed by atoms with van der Waals surface area (Å²) in [6.45, 7) is 10.6. The Balaban J connectivity index is 0.00000176. The molecule has 1 fully saturated rings. The van der Waals surface area contributed by atoms with E-state index >= 15 is 0 Å². The van der Waals surface area contributed by atoms with E-state index in [0.29, 0.717) is 23.7 Å². The first-order valence-corrected chi connectivity index (χ1v) is 13.1. The molecule has 0 bridgehead atoms. The molecule has 1 aromatic heterocycles. The van der Waals surface area contributed by atoms with E-state index in [1.165, 1.54) is 11.3 Å². The molecule has 1 aliphatic rings. The normalized spacial score (nSPS) is 15.5. The maximum absolute atomic E-state index is 12.5. The molecule has 1 amide bonds. The number of ether oxygens (including phenoxy) is 2. The van der Waals surface area contributed by atoms with Gasteiger partial charge in [0.05, 0.1) is 9.88 Å². The van der Waals surface area contributed by atoms with Crippen LogP contribution < -0.4 is 4.74 Å². The second-order valence-electron chi connectivity index (χ2n) is 9.24. The van der Waals surface area contributed by atoms with Gasteiger partial charge in [-0.2, -0.15) is 0 Å². The number of para-hydroxylation sites is 1. The van der Waals surface area contributed by atoms with Gasteiger partial charge in [-0.05, 0) is 75.6 Å². The van der Waals surface area contributed by atoms with Crippen LogP contribution in [-0.2, 0) is 4.74 Å². The minimum Gasteiger partial charge on any atom is -0.476 e. The topological polar surface area (TPSA) is 89.0 Å². The quantitative estimate of drug-likeness (QED) is 0.384. The molecule has 2 aromatic carbocycles. The SMILES string of the molecule is CC.CC(C)(C)OC(=O)N1CCCC(c2nc(C(=O)O)c(-c3ccc(Oc4ccccc4)cc3)s2)C1. The highest BCUT2D eigenvalue weighted by molar-refractivity contribution is 7.15. The van der Waals surface area contributed by atoms with E-state index in [4.69, 9.17) is 9.47 Å². The minimum absolute atomic E-state index is 0.0289. The number of likely N-dealkylation sites (tertiary alicyclic amines) is 1. The fourth-order valence-electron chi connectivity index (χ4n) is 3.82. The van der Waals surface area contributed by atoms with Crippen LogP contribution in [0.25, 0.3) is 10.4 Å². The third-order valence-electron chi connectivity index (χ3n) is 5.36. The Morgan fingerprint density at radius 1 is 1.03 bits per heavy atom. The fraction of sp³-hybridized carbons (Fsp3) is 0.393. The van der Waals surface area contributed by atoms with Gasteiger partial charge in [0, 0.05) is 19.0 Å². The van der Waals surface area contributed by atoms with E-state index < -0.39 is 11.6 Å². The van der Waals surface area contributed by atoms with E-state index in [9.17, 15) is 14.7 Å². The van der Waals surface area contributed by atoms with E-state index in [1.54, 1.807) is 4.90 Å². The number of aromatic nitrogens is 1. The zero-order valence-electron chi connectivity index (χ0n) is 21.5. The molecule has 8 heteroatoms. The summed E-state index contributed by atoms with van der Waals surface area (Å²) in [5, 5.41) is 10.5. The molecular formula is C28H34N2O5S. The number of amides is 1. The van der Waals surface area contributed by atoms with Gasteiger partial charge in [-0.15, -0.1) is 11.3 Å². The molecule has 0 aliphatic carbocycles. The second-order valence-corrected chi connectivity index (χ2v) is 10.3. The number of carbonyl (C=O) groups excluding carboxylic acids is 1. The lowest BCUT2D eigenvalue weighted by Crippen LogP contribution is -2.42. The number of aromatic carboxylic acids is 1. The van der Waals surface area contributed by atoms with Crippen LogP contribution in [0.4, 0.5) is 4.79 Å². The van der Waals surface area contributed by atoms with Crippen molar-refractivity contribution in [2.45, 2.75) is 59.0 Å². The molecule has 192 valence electrons. The van der Waals surface area contributed by atoms with Crippen molar-refractivity contribution in [3.05, 3.63) is 65.3 Å². The smallest absolute Gasteiger partial charge is 0.410 e. The van der Waals surface area contributed by atoms with Crippen LogP contribution >= 0.6 is 11.3 Å². The molecule has 0 radical (unpaired) electrons. The van der Waals surface area contributed by atoms with Crippen molar-refractivity contribution < 1.29 is 24.2 Å². The Labute approximate surface area is 216 Å². The second kappa shape index (κ2) is 12.0. The molecule has 4 rings (SSSR count). The molecule has 1 atom stereocenters. The average molecular weight is 511 g/mol. The van der Waals surface area contributed by atoms with Gasteiger partial charge in [0.2, 0.25) is 0 Å². The van der Waals surface area contributed by atoms with Crippen molar-refractivity contribution in [1.29, 1.82) is 0 Å². The Morgan fingerprint density at radius 3 is 2.28 bits per heavy atom. The highest BCUT2D eigenvalue weighted by atomic mass is 32.1. The highest BCUT2D eigenvalue weighted by Gasteiger charge is 2.31. The van der Waals surface area contributed by atoms with Crippen LogP contribution in [0, 0.1) is 0 Å². The van der Waals surface area contributed by atoms with Crippen LogP contribution in [0.5, 0.6) is 11.5 Å². The zero-order valence-corrected chi connectivity index (χ0v) is 22.3. The van der Waals surface area contributed by atoms with Gasteiger partial charge in [-0.3, -0.25) is 0 Å². The highest BCUT2D eigenvalue weighted by Crippen LogP contribution is 2.38. The molecule has 36 heavy (non-hydrogen) atoms. The molecule has 0 saturated carbocycles. The van der Waals surface area contributed by atoms with Gasteiger partial charge < -0.3 is 19.5 Å². The van der Waals surface area contributed by atoms with Crippen LogP contribution in [0.2, 0.25) is 0 Å². The first-order valence-electron chi connectivity index (χ1n) is 12.2. The Kier molecular flexibility index (Phi) is 9.09. The van der Waals surface area contributed by atoms with Gasteiger partial charge in [0.15, 0.2) is 5.69 Å². The molecular weight excluding hydrogens is 476 g/mol.